The van der Waals surface area contributed by atoms with E-state index in [2.05, 4.69) is 30.8 Å². The molecule has 0 saturated carbocycles. The van der Waals surface area contributed by atoms with Crippen LogP contribution >= 0.6 is 0 Å². The maximum absolute atomic E-state index is 9.46. The zero-order chi connectivity index (χ0) is 7.11. The van der Waals surface area contributed by atoms with Gasteiger partial charge in [0.15, 0.2) is 0 Å². The highest BCUT2D eigenvalue weighted by Gasteiger charge is 1.84. The van der Waals surface area contributed by atoms with E-state index in [9.17, 15) is 4.79 Å². The second-order valence-corrected chi connectivity index (χ2v) is 2.09. The van der Waals surface area contributed by atoms with Gasteiger partial charge in [-0.05, 0) is 5.92 Å². The lowest BCUT2D eigenvalue weighted by Crippen LogP contribution is -1.80. The average Bonchev–Trinajstić information content (AvgIpc) is 1.80. The molecule has 2 heteroatoms. The average molecular weight is 123 g/mol. The summed E-state index contributed by atoms with van der Waals surface area (Å²) in [4.78, 5) is 12.5. The van der Waals surface area contributed by atoms with Crippen molar-refractivity contribution in [3.8, 4) is 12.0 Å². The molecule has 0 rings (SSSR count). The van der Waals surface area contributed by atoms with Crippen LogP contribution in [0.15, 0.2) is 4.99 Å². The van der Waals surface area contributed by atoms with Gasteiger partial charge in [-0.25, -0.2) is 4.79 Å². The molecular formula is C7H9NO. The molecule has 0 bridgehead atoms. The van der Waals surface area contributed by atoms with E-state index in [1.54, 1.807) is 0 Å². The van der Waals surface area contributed by atoms with Crippen molar-refractivity contribution in [1.82, 2.24) is 0 Å². The fourth-order valence-electron chi connectivity index (χ4n) is 0.312. The summed E-state index contributed by atoms with van der Waals surface area (Å²) >= 11 is 0. The van der Waals surface area contributed by atoms with E-state index in [-0.39, 0.29) is 0 Å². The molecule has 0 aromatic heterocycles. The van der Waals surface area contributed by atoms with E-state index in [0.717, 1.165) is 6.42 Å². The molecule has 0 aliphatic rings. The molecule has 0 N–H and O–H groups in total. The quantitative estimate of drug-likeness (QED) is 0.294. The molecule has 0 saturated heterocycles. The molecule has 0 atom stereocenters. The summed E-state index contributed by atoms with van der Waals surface area (Å²) in [6, 6.07) is 2.32. The standard InChI is InChI=1S/C7H9NO/c1-7(2)4-3-5-8-6-9/h7H,4H2,1-2H3. The normalized spacial score (nSPS) is 7.44. The number of nitrogens with zero attached hydrogens (tertiary/aromatic N) is 1. The van der Waals surface area contributed by atoms with Crippen LogP contribution in [0.2, 0.25) is 0 Å². The van der Waals surface area contributed by atoms with Crippen LogP contribution in [-0.4, -0.2) is 6.08 Å². The molecule has 0 aliphatic heterocycles. The lowest BCUT2D eigenvalue weighted by molar-refractivity contribution is 0.565. The van der Waals surface area contributed by atoms with E-state index < -0.39 is 0 Å². The van der Waals surface area contributed by atoms with Gasteiger partial charge in [-0.3, -0.25) is 0 Å². The van der Waals surface area contributed by atoms with Crippen molar-refractivity contribution in [3.63, 3.8) is 0 Å². The van der Waals surface area contributed by atoms with Crippen LogP contribution in [0.25, 0.3) is 0 Å². The second-order valence-electron chi connectivity index (χ2n) is 2.09. The number of hydrogen-bond donors (Lipinski definition) is 0. The Kier molecular flexibility index (Phi) is 4.49. The van der Waals surface area contributed by atoms with Crippen LogP contribution < -0.4 is 0 Å². The number of hydrogen-bond acceptors (Lipinski definition) is 2. The topological polar surface area (TPSA) is 29.4 Å². The van der Waals surface area contributed by atoms with E-state index in [4.69, 9.17) is 0 Å². The Labute approximate surface area is 55.0 Å². The van der Waals surface area contributed by atoms with Crippen LogP contribution in [0.3, 0.4) is 0 Å². The van der Waals surface area contributed by atoms with Gasteiger partial charge in [0, 0.05) is 12.5 Å². The minimum Gasteiger partial charge on any atom is -0.210 e. The molecule has 2 nitrogen and oxygen atoms in total. The second kappa shape index (κ2) is 5.08. The minimum absolute atomic E-state index is 0.541. The summed E-state index contributed by atoms with van der Waals surface area (Å²) in [7, 11) is 0. The lowest BCUT2D eigenvalue weighted by atomic mass is 10.1. The summed E-state index contributed by atoms with van der Waals surface area (Å²) in [6.45, 7) is 4.11. The Morgan fingerprint density at radius 3 is 2.67 bits per heavy atom. The third-order valence-corrected chi connectivity index (χ3v) is 0.691. The van der Waals surface area contributed by atoms with E-state index in [1.807, 2.05) is 0 Å². The van der Waals surface area contributed by atoms with Crippen LogP contribution in [0.5, 0.6) is 0 Å². The first-order chi connectivity index (χ1) is 4.27. The Bertz CT molecular complexity index is 167. The first kappa shape index (κ1) is 7.94. The summed E-state index contributed by atoms with van der Waals surface area (Å²) in [5.74, 6) is 3.25. The number of isocyanates is 1. The highest BCUT2D eigenvalue weighted by molar-refractivity contribution is 5.36. The van der Waals surface area contributed by atoms with Gasteiger partial charge in [-0.2, -0.15) is 0 Å². The maximum Gasteiger partial charge on any atom is 0.249 e. The Balaban J connectivity index is 3.50. The van der Waals surface area contributed by atoms with Crippen molar-refractivity contribution in [1.29, 1.82) is 0 Å². The molecule has 0 heterocycles. The lowest BCUT2D eigenvalue weighted by Gasteiger charge is -1.90. The van der Waals surface area contributed by atoms with Gasteiger partial charge in [-0.1, -0.05) is 19.8 Å². The van der Waals surface area contributed by atoms with Gasteiger partial charge in [0.2, 0.25) is 6.08 Å². The van der Waals surface area contributed by atoms with E-state index >= 15 is 0 Å². The van der Waals surface area contributed by atoms with E-state index in [1.165, 1.54) is 6.08 Å². The van der Waals surface area contributed by atoms with Crippen LogP contribution in [0.4, 0.5) is 0 Å². The van der Waals surface area contributed by atoms with Gasteiger partial charge < -0.3 is 0 Å². The predicted octanol–water partition coefficient (Wildman–Crippen LogP) is 1.33. The summed E-state index contributed by atoms with van der Waals surface area (Å²) in [5.41, 5.74) is 0. The number of aliphatic imine (C=N–C) groups is 1. The van der Waals surface area contributed by atoms with Crippen LogP contribution in [0, 0.1) is 17.9 Å². The molecule has 0 aliphatic carbocycles. The molecule has 0 amide bonds. The first-order valence-electron chi connectivity index (χ1n) is 2.82. The Hall–Kier alpha value is -1.06. The third kappa shape index (κ3) is 6.94. The highest BCUT2D eigenvalue weighted by atomic mass is 16.1. The molecule has 0 fully saturated rings. The predicted molar refractivity (Wildman–Crippen MR) is 35.4 cm³/mol. The molecule has 0 aromatic rings. The van der Waals surface area contributed by atoms with Gasteiger partial charge in [0.25, 0.3) is 0 Å². The fraction of sp³-hybridized carbons (Fsp3) is 0.571. The fourth-order valence-corrected chi connectivity index (χ4v) is 0.312. The summed E-state index contributed by atoms with van der Waals surface area (Å²) in [5, 5.41) is 0. The van der Waals surface area contributed by atoms with Crippen molar-refractivity contribution in [2.24, 2.45) is 10.9 Å². The summed E-state index contributed by atoms with van der Waals surface area (Å²) in [6.07, 6.45) is 2.13. The molecular weight excluding hydrogens is 114 g/mol. The SMILES string of the molecule is CC(C)CC#CN=C=O. The van der Waals surface area contributed by atoms with Gasteiger partial charge in [0.1, 0.15) is 0 Å². The maximum atomic E-state index is 9.46. The van der Waals surface area contributed by atoms with Crippen LogP contribution in [-0.2, 0) is 4.79 Å². The zero-order valence-corrected chi connectivity index (χ0v) is 5.64. The molecule has 9 heavy (non-hydrogen) atoms. The molecule has 0 spiro atoms. The molecule has 0 radical (unpaired) electrons. The highest BCUT2D eigenvalue weighted by Crippen LogP contribution is 1.95. The molecule has 0 unspecified atom stereocenters. The Morgan fingerprint density at radius 1 is 1.56 bits per heavy atom. The molecule has 0 aromatic carbocycles. The molecule has 48 valence electrons. The van der Waals surface area contributed by atoms with Crippen molar-refractivity contribution in [2.45, 2.75) is 20.3 Å². The van der Waals surface area contributed by atoms with Crippen molar-refractivity contribution in [2.75, 3.05) is 0 Å². The van der Waals surface area contributed by atoms with Crippen LogP contribution in [0.1, 0.15) is 20.3 Å². The van der Waals surface area contributed by atoms with E-state index in [0.29, 0.717) is 5.92 Å². The number of rotatable bonds is 1. The minimum atomic E-state index is 0.541. The van der Waals surface area contributed by atoms with Gasteiger partial charge in [-0.15, -0.1) is 4.99 Å². The zero-order valence-electron chi connectivity index (χ0n) is 5.64. The monoisotopic (exact) mass is 123 g/mol. The van der Waals surface area contributed by atoms with Crippen molar-refractivity contribution in [3.05, 3.63) is 0 Å². The summed E-state index contributed by atoms with van der Waals surface area (Å²) < 4.78 is 0. The first-order valence-corrected chi connectivity index (χ1v) is 2.82. The van der Waals surface area contributed by atoms with Gasteiger partial charge >= 0.3 is 0 Å². The number of carbonyl (C=O) groups excluding carboxylic acids is 1. The third-order valence-electron chi connectivity index (χ3n) is 0.691. The van der Waals surface area contributed by atoms with Crippen molar-refractivity contribution < 1.29 is 4.79 Å². The van der Waals surface area contributed by atoms with Gasteiger partial charge in [0.05, 0.1) is 0 Å². The smallest absolute Gasteiger partial charge is 0.210 e. The van der Waals surface area contributed by atoms with Crippen molar-refractivity contribution >= 4 is 6.08 Å². The largest absolute Gasteiger partial charge is 0.249 e. The Morgan fingerprint density at radius 2 is 2.22 bits per heavy atom.